The van der Waals surface area contributed by atoms with Crippen molar-refractivity contribution in [2.75, 3.05) is 74.0 Å². The molecular weight excluding hydrogens is 1900 g/mol. The van der Waals surface area contributed by atoms with Crippen LogP contribution in [0.15, 0.2) is 0 Å². The third kappa shape index (κ3) is 25.2. The summed E-state index contributed by atoms with van der Waals surface area (Å²) >= 11 is 0. The van der Waals surface area contributed by atoms with Crippen molar-refractivity contribution >= 4 is 17.8 Å². The zero-order valence-electron chi connectivity index (χ0n) is 54.3. The van der Waals surface area contributed by atoms with Crippen LogP contribution in [0.25, 0.3) is 0 Å². The third-order valence-corrected chi connectivity index (χ3v) is 12.2. The topological polar surface area (TPSA) is 281 Å². The van der Waals surface area contributed by atoms with Crippen LogP contribution >= 0.6 is 0 Å². The van der Waals surface area contributed by atoms with E-state index >= 15 is 17.6 Å². The SMILES string of the molecule is CCN(c1nc(N(CC(F)(F)OC(F)(F)C(F)(F)OC(F)(F)C(F)(F)OC(F)(F)C(F)(F)OC(F)(F)C(F)(F)OC(F)(F)C(F)(F)OC(F)(F)C(F)(F)F)C(CO)CO)nc(N(CC(F)(F)OC(F)(F)C(F)(F)OC(F)(F)C(F)(F)OC(F)(F)C(F)(F)OC(F)(F)C(F)(F)OC(F)(F)C(F)(F)OC(F)(F)C(F)(F)F)C(CO)CO)n1)C(CO)CO. The number of likely N-dealkylation sites (N-methyl/N-ethyl adjacent to an activating group) is 1. The maximum Gasteiger partial charge on any atom is 0.483 e. The molecule has 0 aliphatic heterocycles. The number of rotatable bonds is 51. The molecule has 1 heterocycles. The minimum Gasteiger partial charge on any atom is -0.394 e. The highest BCUT2D eigenvalue weighted by Gasteiger charge is 2.84. The quantitative estimate of drug-likeness (QED) is 0.0331. The number of ether oxygens (including phenoxy) is 12. The van der Waals surface area contributed by atoms with Gasteiger partial charge in [0.05, 0.1) is 57.8 Å². The molecule has 0 atom stereocenters. The summed E-state index contributed by atoms with van der Waals surface area (Å²) in [5, 5.41) is 59.0. The number of hydrogen-bond donors (Lipinski definition) is 6. The van der Waals surface area contributed by atoms with Crippen LogP contribution < -0.4 is 14.7 Å². The van der Waals surface area contributed by atoms with Gasteiger partial charge in [-0.1, -0.05) is 0 Å². The fourth-order valence-corrected chi connectivity index (χ4v) is 6.53. The highest BCUT2D eigenvalue weighted by Crippen LogP contribution is 2.59. The number of halogens is 54. The summed E-state index contributed by atoms with van der Waals surface area (Å²) < 4.78 is 766. The standard InChI is InChI=1S/C42H30F54N6O18/c1-2-100(11(3-103)4-104)14-97-15(101(12(5-105)6-106)9-17(43,44)109-23(57,58)25(61,62)113-31(73,74)33(77,78)117-39(89,90)41(93,94)119-37(85,86)35(81,82)115-29(69,70)27(65,66)111-21(53,54)19(47,48)49)99-16(98-14)102(13(7-107)8-108)10-18(45,46)110-24(59,60)26(63,64)114-32(75,76)34(79,80)118-40(91,92)42(95,96)120-38(87,88)36(83,84)116-30(71,72)28(67,68)112-22(55,56)20(50,51)52/h11-13,103-108H,2-10H2,1H3. The van der Waals surface area contributed by atoms with Crippen molar-refractivity contribution in [1.82, 2.24) is 15.0 Å². The lowest BCUT2D eigenvalue weighted by Gasteiger charge is -2.38. The van der Waals surface area contributed by atoms with Crippen molar-refractivity contribution in [3.63, 3.8) is 0 Å². The molecule has 1 aromatic heterocycles. The van der Waals surface area contributed by atoms with Crippen LogP contribution in [-0.4, -0.2) is 282 Å². The van der Waals surface area contributed by atoms with Crippen molar-refractivity contribution in [3.8, 4) is 0 Å². The van der Waals surface area contributed by atoms with E-state index in [0.29, 0.717) is 6.92 Å². The molecule has 0 saturated heterocycles. The zero-order valence-corrected chi connectivity index (χ0v) is 54.3. The number of hydrogen-bond acceptors (Lipinski definition) is 24. The highest BCUT2D eigenvalue weighted by molar-refractivity contribution is 5.49. The molecule has 0 aromatic carbocycles. The molecule has 0 fully saturated rings. The Kier molecular flexibility index (Phi) is 32.7. The van der Waals surface area contributed by atoms with Crippen molar-refractivity contribution in [2.24, 2.45) is 0 Å². The van der Waals surface area contributed by atoms with Crippen LogP contribution in [0.1, 0.15) is 6.92 Å². The Morgan fingerprint density at radius 1 is 0.200 bits per heavy atom. The summed E-state index contributed by atoms with van der Waals surface area (Å²) in [4.78, 5) is 6.84. The normalized spacial score (nSPS) is 15.8. The van der Waals surface area contributed by atoms with Crippen molar-refractivity contribution in [1.29, 1.82) is 0 Å². The van der Waals surface area contributed by atoms with E-state index in [2.05, 4.69) is 24.4 Å². The van der Waals surface area contributed by atoms with Crippen LogP contribution in [0, 0.1) is 0 Å². The maximum absolute atomic E-state index is 15.6. The molecule has 1 aromatic rings. The molecule has 0 radical (unpaired) electrons. The molecule has 0 aliphatic rings. The predicted octanol–water partition coefficient (Wildman–Crippen LogP) is 12.9. The van der Waals surface area contributed by atoms with E-state index < -0.39 is 264 Å². The Bertz CT molecular complexity index is 3270. The van der Waals surface area contributed by atoms with Gasteiger partial charge in [0.15, 0.2) is 0 Å². The van der Waals surface area contributed by atoms with Gasteiger partial charge in [0.2, 0.25) is 17.8 Å². The van der Waals surface area contributed by atoms with Gasteiger partial charge in [0.25, 0.3) is 0 Å². The van der Waals surface area contributed by atoms with E-state index in [1.807, 2.05) is 0 Å². The largest absolute Gasteiger partial charge is 0.483 e. The average molecular weight is 1930 g/mol. The molecule has 1 rings (SSSR count). The second-order valence-corrected chi connectivity index (χ2v) is 21.2. The first kappa shape index (κ1) is 112. The predicted molar refractivity (Wildman–Crippen MR) is 245 cm³/mol. The summed E-state index contributed by atoms with van der Waals surface area (Å²) in [7, 11) is 0. The van der Waals surface area contributed by atoms with E-state index in [1.54, 1.807) is 0 Å². The van der Waals surface area contributed by atoms with Crippen molar-refractivity contribution in [3.05, 3.63) is 0 Å². The lowest BCUT2D eigenvalue weighted by molar-refractivity contribution is -0.595. The summed E-state index contributed by atoms with van der Waals surface area (Å²) in [5.74, 6) is -6.75. The minimum atomic E-state index is -8.67. The number of alkyl halides is 54. The fraction of sp³-hybridized carbons (Fsp3) is 0.929. The molecule has 714 valence electrons. The first-order valence-corrected chi connectivity index (χ1v) is 27.6. The monoisotopic (exact) mass is 1930 g/mol. The Morgan fingerprint density at radius 3 is 0.442 bits per heavy atom. The smallest absolute Gasteiger partial charge is 0.394 e. The fourth-order valence-electron chi connectivity index (χ4n) is 6.53. The van der Waals surface area contributed by atoms with E-state index in [9.17, 15) is 250 Å². The Balaban J connectivity index is 4.03. The van der Waals surface area contributed by atoms with Gasteiger partial charge >= 0.3 is 159 Å². The lowest BCUT2D eigenvalue weighted by atomic mass is 10.2. The molecule has 78 heteroatoms. The summed E-state index contributed by atoms with van der Waals surface area (Å²) in [6.07, 6.45) is -214. The Labute approximate surface area is 616 Å². The van der Waals surface area contributed by atoms with Gasteiger partial charge < -0.3 is 45.3 Å². The van der Waals surface area contributed by atoms with Gasteiger partial charge in [-0.2, -0.15) is 252 Å². The highest BCUT2D eigenvalue weighted by atomic mass is 19.5. The van der Waals surface area contributed by atoms with Gasteiger partial charge in [-0.3, -0.25) is 0 Å². The van der Waals surface area contributed by atoms with Crippen LogP contribution in [-0.2, 0) is 56.8 Å². The number of aromatic nitrogens is 3. The van der Waals surface area contributed by atoms with Crippen LogP contribution in [0.2, 0.25) is 0 Å². The van der Waals surface area contributed by atoms with Gasteiger partial charge in [0.1, 0.15) is 13.1 Å². The molecule has 0 spiro atoms. The molecule has 120 heavy (non-hydrogen) atoms. The van der Waals surface area contributed by atoms with Crippen LogP contribution in [0.3, 0.4) is 0 Å². The lowest BCUT2D eigenvalue weighted by Crippen LogP contribution is -2.62. The molecule has 0 aliphatic carbocycles. The molecule has 0 amide bonds. The molecule has 0 saturated carbocycles. The van der Waals surface area contributed by atoms with Crippen LogP contribution in [0.5, 0.6) is 0 Å². The number of aliphatic hydroxyl groups excluding tert-OH is 6. The molecule has 24 nitrogen and oxygen atoms in total. The maximum atomic E-state index is 15.6. The number of nitrogens with zero attached hydrogens (tertiary/aromatic N) is 6. The van der Waals surface area contributed by atoms with Gasteiger partial charge in [0, 0.05) is 6.54 Å². The molecule has 0 unspecified atom stereocenters. The average Bonchev–Trinajstić information content (AvgIpc) is 0.726. The Morgan fingerprint density at radius 2 is 0.317 bits per heavy atom. The summed E-state index contributed by atoms with van der Waals surface area (Å²) in [6.45, 7) is -20.2. The van der Waals surface area contributed by atoms with Gasteiger partial charge in [-0.05, 0) is 6.92 Å². The number of anilines is 3. The van der Waals surface area contributed by atoms with E-state index in [0.717, 1.165) is 37.9 Å². The molecule has 6 N–H and O–H groups in total. The third-order valence-electron chi connectivity index (χ3n) is 12.2. The second-order valence-electron chi connectivity index (χ2n) is 21.2. The zero-order chi connectivity index (χ0) is 96.2. The van der Waals surface area contributed by atoms with Crippen LogP contribution in [0.4, 0.5) is 255 Å². The first-order chi connectivity index (χ1) is 52.3. The van der Waals surface area contributed by atoms with Crippen molar-refractivity contribution < 1.29 is 325 Å². The van der Waals surface area contributed by atoms with Gasteiger partial charge in [-0.25, -0.2) is 56.8 Å². The molecular formula is C42H30F54N6O18. The van der Waals surface area contributed by atoms with Gasteiger partial charge in [-0.15, -0.1) is 0 Å². The minimum absolute atomic E-state index is 0.0592. The van der Waals surface area contributed by atoms with E-state index in [4.69, 9.17) is 0 Å². The molecule has 0 bridgehead atoms. The Hall–Kier alpha value is -6.09. The number of aliphatic hydroxyl groups is 6. The summed E-state index contributed by atoms with van der Waals surface area (Å²) in [5.41, 5.74) is 0. The second kappa shape index (κ2) is 35.0. The summed E-state index contributed by atoms with van der Waals surface area (Å²) in [6, 6.07) is -8.57. The van der Waals surface area contributed by atoms with Crippen molar-refractivity contribution in [2.45, 2.75) is 184 Å². The van der Waals surface area contributed by atoms with E-state index in [1.165, 1.54) is 9.47 Å². The van der Waals surface area contributed by atoms with E-state index in [-0.39, 0.29) is 4.90 Å². The first-order valence-electron chi connectivity index (χ1n) is 27.6.